The molecule has 0 heterocycles. The number of carbonyl (C=O) groups is 1. The van der Waals surface area contributed by atoms with E-state index in [1.807, 2.05) is 26.0 Å². The predicted octanol–water partition coefficient (Wildman–Crippen LogP) is 4.10. The molecular formula is C22H28O2Si. The van der Waals surface area contributed by atoms with Crippen LogP contribution in [0.1, 0.15) is 34.6 Å². The summed E-state index contributed by atoms with van der Waals surface area (Å²) in [6.45, 7) is 10.8. The molecule has 0 radical (unpaired) electrons. The molecule has 0 aliphatic carbocycles. The van der Waals surface area contributed by atoms with E-state index in [-0.39, 0.29) is 11.1 Å². The normalized spacial score (nSPS) is 14.2. The molecule has 2 aromatic carbocycles. The first-order valence-corrected chi connectivity index (χ1v) is 10.6. The second-order valence-electron chi connectivity index (χ2n) is 7.47. The molecule has 0 saturated carbocycles. The van der Waals surface area contributed by atoms with Gasteiger partial charge < -0.3 is 4.43 Å². The van der Waals surface area contributed by atoms with Gasteiger partial charge in [0.25, 0.3) is 8.32 Å². The van der Waals surface area contributed by atoms with E-state index in [2.05, 4.69) is 69.3 Å². The van der Waals surface area contributed by atoms with Crippen LogP contribution in [0.25, 0.3) is 0 Å². The Morgan fingerprint density at radius 1 is 0.960 bits per heavy atom. The van der Waals surface area contributed by atoms with Gasteiger partial charge in [-0.3, -0.25) is 4.79 Å². The first kappa shape index (κ1) is 19.4. The number of rotatable bonds is 6. The zero-order valence-corrected chi connectivity index (χ0v) is 16.8. The first-order chi connectivity index (χ1) is 11.8. The lowest BCUT2D eigenvalue weighted by molar-refractivity contribution is -0.104. The molecule has 25 heavy (non-hydrogen) atoms. The molecule has 0 amide bonds. The summed E-state index contributed by atoms with van der Waals surface area (Å²) in [5, 5.41) is 2.43. The lowest BCUT2D eigenvalue weighted by Crippen LogP contribution is -2.67. The van der Waals surface area contributed by atoms with Gasteiger partial charge in [-0.05, 0) is 40.9 Å². The standard InChI is InChI=1S/C22H28O2Si/c1-18(16-17-23)19(2)24-25(22(3,4)5,20-12-8-6-9-13-20)21-14-10-7-11-15-21/h6-17,19H,1-5H3/b18-16+. The molecule has 0 bridgehead atoms. The first-order valence-electron chi connectivity index (χ1n) is 8.73. The SMILES string of the molecule is C/C(=C\C=O)C(C)O[Si](c1ccccc1)(c1ccccc1)C(C)(C)C. The molecule has 2 rings (SSSR count). The average molecular weight is 353 g/mol. The summed E-state index contributed by atoms with van der Waals surface area (Å²) in [4.78, 5) is 10.9. The number of aldehydes is 1. The second-order valence-corrected chi connectivity index (χ2v) is 11.7. The monoisotopic (exact) mass is 352 g/mol. The lowest BCUT2D eigenvalue weighted by Gasteiger charge is -2.44. The van der Waals surface area contributed by atoms with Crippen LogP contribution in [-0.2, 0) is 9.22 Å². The van der Waals surface area contributed by atoms with Gasteiger partial charge in [0.05, 0.1) is 6.10 Å². The van der Waals surface area contributed by atoms with Gasteiger partial charge in [0.1, 0.15) is 6.29 Å². The summed E-state index contributed by atoms with van der Waals surface area (Å²) in [5.74, 6) is 0. The van der Waals surface area contributed by atoms with Crippen molar-refractivity contribution < 1.29 is 9.22 Å². The van der Waals surface area contributed by atoms with E-state index in [9.17, 15) is 4.79 Å². The van der Waals surface area contributed by atoms with Gasteiger partial charge in [-0.25, -0.2) is 0 Å². The molecular weight excluding hydrogens is 324 g/mol. The van der Waals surface area contributed by atoms with E-state index in [1.165, 1.54) is 10.4 Å². The van der Waals surface area contributed by atoms with E-state index in [0.717, 1.165) is 11.9 Å². The quantitative estimate of drug-likeness (QED) is 0.444. The molecule has 1 unspecified atom stereocenters. The number of hydrogen-bond acceptors (Lipinski definition) is 2. The van der Waals surface area contributed by atoms with Gasteiger partial charge in [-0.15, -0.1) is 0 Å². The Bertz CT molecular complexity index is 675. The molecule has 0 aliphatic rings. The van der Waals surface area contributed by atoms with Crippen molar-refractivity contribution >= 4 is 25.0 Å². The maximum atomic E-state index is 10.9. The minimum absolute atomic E-state index is 0.0641. The molecule has 0 fully saturated rings. The highest BCUT2D eigenvalue weighted by Gasteiger charge is 2.51. The van der Waals surface area contributed by atoms with Crippen LogP contribution in [-0.4, -0.2) is 20.7 Å². The molecule has 132 valence electrons. The molecule has 0 aromatic heterocycles. The number of carbonyl (C=O) groups excluding carboxylic acids is 1. The van der Waals surface area contributed by atoms with Crippen LogP contribution >= 0.6 is 0 Å². The fraction of sp³-hybridized carbons (Fsp3) is 0.318. The Morgan fingerprint density at radius 3 is 1.76 bits per heavy atom. The van der Waals surface area contributed by atoms with Gasteiger partial charge in [0.15, 0.2) is 0 Å². The summed E-state index contributed by atoms with van der Waals surface area (Å²) < 4.78 is 6.90. The smallest absolute Gasteiger partial charge is 0.261 e. The van der Waals surface area contributed by atoms with Crippen molar-refractivity contribution in [2.45, 2.75) is 45.8 Å². The number of benzene rings is 2. The van der Waals surface area contributed by atoms with Crippen LogP contribution in [0.4, 0.5) is 0 Å². The maximum Gasteiger partial charge on any atom is 0.261 e. The van der Waals surface area contributed by atoms with E-state index in [4.69, 9.17) is 4.43 Å². The third kappa shape index (κ3) is 3.99. The Morgan fingerprint density at radius 2 is 1.40 bits per heavy atom. The molecule has 1 atom stereocenters. The minimum atomic E-state index is -2.56. The summed E-state index contributed by atoms with van der Waals surface area (Å²) in [7, 11) is -2.56. The van der Waals surface area contributed by atoms with Gasteiger partial charge in [-0.1, -0.05) is 81.4 Å². The van der Waals surface area contributed by atoms with Crippen molar-refractivity contribution in [3.63, 3.8) is 0 Å². The van der Waals surface area contributed by atoms with Crippen molar-refractivity contribution in [1.29, 1.82) is 0 Å². The zero-order chi connectivity index (χ0) is 18.5. The van der Waals surface area contributed by atoms with Crippen molar-refractivity contribution in [2.75, 3.05) is 0 Å². The highest BCUT2D eigenvalue weighted by Crippen LogP contribution is 2.38. The molecule has 2 aromatic rings. The third-order valence-electron chi connectivity index (χ3n) is 4.74. The highest BCUT2D eigenvalue weighted by atomic mass is 28.4. The molecule has 0 aliphatic heterocycles. The Hall–Kier alpha value is -1.97. The number of hydrogen-bond donors (Lipinski definition) is 0. The van der Waals surface area contributed by atoms with Crippen molar-refractivity contribution in [3.8, 4) is 0 Å². The van der Waals surface area contributed by atoms with Crippen LogP contribution in [0.15, 0.2) is 72.3 Å². The van der Waals surface area contributed by atoms with Crippen molar-refractivity contribution in [2.24, 2.45) is 0 Å². The molecule has 2 nitrogen and oxygen atoms in total. The van der Waals surface area contributed by atoms with Gasteiger partial charge in [-0.2, -0.15) is 0 Å². The Balaban J connectivity index is 2.69. The predicted molar refractivity (Wildman–Crippen MR) is 108 cm³/mol. The van der Waals surface area contributed by atoms with E-state index in [0.29, 0.717) is 0 Å². The number of allylic oxidation sites excluding steroid dienone is 1. The molecule has 0 saturated heterocycles. The van der Waals surface area contributed by atoms with Gasteiger partial charge in [0.2, 0.25) is 0 Å². The van der Waals surface area contributed by atoms with E-state index >= 15 is 0 Å². The van der Waals surface area contributed by atoms with E-state index < -0.39 is 8.32 Å². The topological polar surface area (TPSA) is 26.3 Å². The van der Waals surface area contributed by atoms with Gasteiger partial charge >= 0.3 is 0 Å². The summed E-state index contributed by atoms with van der Waals surface area (Å²) in [6.07, 6.45) is 2.31. The maximum absolute atomic E-state index is 10.9. The van der Waals surface area contributed by atoms with Crippen molar-refractivity contribution in [1.82, 2.24) is 0 Å². The van der Waals surface area contributed by atoms with Crippen LogP contribution in [0, 0.1) is 0 Å². The Kier molecular flexibility index (Phi) is 6.14. The highest BCUT2D eigenvalue weighted by molar-refractivity contribution is 6.99. The summed E-state index contributed by atoms with van der Waals surface area (Å²) in [5.41, 5.74) is 0.947. The molecule has 0 N–H and O–H groups in total. The fourth-order valence-corrected chi connectivity index (χ4v) is 8.02. The summed E-state index contributed by atoms with van der Waals surface area (Å²) in [6, 6.07) is 21.1. The largest absolute Gasteiger partial charge is 0.401 e. The van der Waals surface area contributed by atoms with E-state index in [1.54, 1.807) is 6.08 Å². The molecule has 3 heteroatoms. The van der Waals surface area contributed by atoms with Crippen LogP contribution < -0.4 is 10.4 Å². The van der Waals surface area contributed by atoms with Crippen molar-refractivity contribution in [3.05, 3.63) is 72.3 Å². The van der Waals surface area contributed by atoms with Crippen LogP contribution in [0.2, 0.25) is 5.04 Å². The molecule has 0 spiro atoms. The third-order valence-corrected chi connectivity index (χ3v) is 9.85. The average Bonchev–Trinajstić information content (AvgIpc) is 2.60. The Labute approximate surface area is 152 Å². The zero-order valence-electron chi connectivity index (χ0n) is 15.8. The fourth-order valence-electron chi connectivity index (χ4n) is 3.29. The minimum Gasteiger partial charge on any atom is -0.401 e. The lowest BCUT2D eigenvalue weighted by atomic mass is 10.2. The van der Waals surface area contributed by atoms with Crippen LogP contribution in [0.3, 0.4) is 0 Å². The van der Waals surface area contributed by atoms with Crippen LogP contribution in [0.5, 0.6) is 0 Å². The summed E-state index contributed by atoms with van der Waals surface area (Å²) >= 11 is 0. The second kappa shape index (κ2) is 7.94. The van der Waals surface area contributed by atoms with Gasteiger partial charge in [0, 0.05) is 0 Å².